The number of rotatable bonds is 2. The van der Waals surface area contributed by atoms with E-state index >= 15 is 0 Å². The summed E-state index contributed by atoms with van der Waals surface area (Å²) in [4.78, 5) is 0. The molecule has 15 heavy (non-hydrogen) atoms. The zero-order valence-electron chi connectivity index (χ0n) is 8.76. The maximum atomic E-state index is 9.75. The van der Waals surface area contributed by atoms with Crippen LogP contribution in [0.3, 0.4) is 0 Å². The van der Waals surface area contributed by atoms with Gasteiger partial charge in [-0.3, -0.25) is 0 Å². The normalized spacial score (nSPS) is 10.5. The Kier molecular flexibility index (Phi) is 5.97. The predicted octanol–water partition coefficient (Wildman–Crippen LogP) is 2.99. The maximum Gasteiger partial charge on any atom is 0.673 e. The Morgan fingerprint density at radius 2 is 1.53 bits per heavy atom. The van der Waals surface area contributed by atoms with Gasteiger partial charge in [0.15, 0.2) is 12.4 Å². The zero-order chi connectivity index (χ0) is 11.9. The molecule has 0 aliphatic rings. The Bertz CT molecular complexity index is 264. The van der Waals surface area contributed by atoms with E-state index in [9.17, 15) is 17.3 Å². The maximum absolute atomic E-state index is 9.75. The molecule has 6 heteroatoms. The summed E-state index contributed by atoms with van der Waals surface area (Å²) in [6.07, 6.45) is 5.45. The molecule has 0 aliphatic heterocycles. The van der Waals surface area contributed by atoms with Gasteiger partial charge in [-0.05, 0) is 12.5 Å². The average Bonchev–Trinajstić information content (AvgIpc) is 2.06. The Morgan fingerprint density at radius 1 is 1.13 bits per heavy atom. The van der Waals surface area contributed by atoms with Crippen molar-refractivity contribution in [3.63, 3.8) is 0 Å². The van der Waals surface area contributed by atoms with Crippen LogP contribution in [0.2, 0.25) is 0 Å². The van der Waals surface area contributed by atoms with Crippen LogP contribution < -0.4 is 4.57 Å². The van der Waals surface area contributed by atoms with Gasteiger partial charge in [-0.2, -0.15) is 0 Å². The van der Waals surface area contributed by atoms with Crippen molar-refractivity contribution in [1.29, 1.82) is 0 Å². The molecule has 1 rings (SSSR count). The number of aryl methyl sites for hydroxylation is 2. The predicted molar refractivity (Wildman–Crippen MR) is 51.9 cm³/mol. The van der Waals surface area contributed by atoms with Crippen LogP contribution in [0.25, 0.3) is 0 Å². The topological polar surface area (TPSA) is 3.88 Å². The van der Waals surface area contributed by atoms with E-state index in [1.807, 2.05) is 0 Å². The lowest BCUT2D eigenvalue weighted by Crippen LogP contribution is -2.31. The Labute approximate surface area is 86.8 Å². The van der Waals surface area contributed by atoms with Gasteiger partial charge in [-0.1, -0.05) is 6.92 Å². The highest BCUT2D eigenvalue weighted by Gasteiger charge is 2.20. The summed E-state index contributed by atoms with van der Waals surface area (Å²) >= 11 is 0. The minimum atomic E-state index is -6.00. The molecule has 0 atom stereocenters. The van der Waals surface area contributed by atoms with Crippen LogP contribution >= 0.6 is 0 Å². The summed E-state index contributed by atoms with van der Waals surface area (Å²) in [5, 5.41) is 0. The summed E-state index contributed by atoms with van der Waals surface area (Å²) in [6, 6.07) is 4.27. The molecule has 0 fully saturated rings. The second-order valence-corrected chi connectivity index (χ2v) is 3.11. The van der Waals surface area contributed by atoms with Crippen molar-refractivity contribution < 1.29 is 21.8 Å². The van der Waals surface area contributed by atoms with E-state index in [0.717, 1.165) is 6.54 Å². The lowest BCUT2D eigenvalue weighted by molar-refractivity contribution is -0.697. The fourth-order valence-corrected chi connectivity index (χ4v) is 0.939. The molecule has 0 N–H and O–H groups in total. The van der Waals surface area contributed by atoms with Crippen LogP contribution in [0.1, 0.15) is 18.9 Å². The molecule has 0 aliphatic carbocycles. The number of hydrogen-bond donors (Lipinski definition) is 0. The summed E-state index contributed by atoms with van der Waals surface area (Å²) < 4.78 is 41.2. The van der Waals surface area contributed by atoms with Gasteiger partial charge < -0.3 is 17.3 Å². The van der Waals surface area contributed by atoms with Gasteiger partial charge in [0.2, 0.25) is 0 Å². The minimum absolute atomic E-state index is 1.13. The summed E-state index contributed by atoms with van der Waals surface area (Å²) in [5.74, 6) is 0. The van der Waals surface area contributed by atoms with Crippen molar-refractivity contribution in [1.82, 2.24) is 0 Å². The molecule has 1 nitrogen and oxygen atoms in total. The first-order valence-corrected chi connectivity index (χ1v) is 4.66. The second-order valence-electron chi connectivity index (χ2n) is 3.11. The van der Waals surface area contributed by atoms with E-state index in [4.69, 9.17) is 0 Å². The monoisotopic (exact) mass is 223 g/mol. The molecule has 0 spiro atoms. The summed E-state index contributed by atoms with van der Waals surface area (Å²) in [5.41, 5.74) is 1.33. The molecule has 0 radical (unpaired) electrons. The van der Waals surface area contributed by atoms with Gasteiger partial charge in [0.1, 0.15) is 6.54 Å². The number of halogens is 4. The van der Waals surface area contributed by atoms with Gasteiger partial charge in [-0.15, -0.1) is 0 Å². The van der Waals surface area contributed by atoms with Gasteiger partial charge in [0, 0.05) is 18.6 Å². The third-order valence-corrected chi connectivity index (χ3v) is 1.54. The first-order chi connectivity index (χ1) is 6.83. The van der Waals surface area contributed by atoms with Gasteiger partial charge in [-0.25, -0.2) is 4.57 Å². The Balaban J connectivity index is 0.000000336. The average molecular weight is 223 g/mol. The molecular weight excluding hydrogens is 209 g/mol. The lowest BCUT2D eigenvalue weighted by Gasteiger charge is -1.94. The SMILES string of the molecule is CCC[n+]1ccc(C)cc1.F[B-](F)(F)F. The molecule has 1 aromatic heterocycles. The smallest absolute Gasteiger partial charge is 0.418 e. The molecular formula is C9H14BF4N. The van der Waals surface area contributed by atoms with Crippen LogP contribution in [-0.2, 0) is 6.54 Å². The van der Waals surface area contributed by atoms with Crippen LogP contribution in [0, 0.1) is 6.92 Å². The Morgan fingerprint density at radius 3 is 1.87 bits per heavy atom. The van der Waals surface area contributed by atoms with Crippen LogP contribution in [0.5, 0.6) is 0 Å². The molecule has 0 unspecified atom stereocenters. The number of pyridine rings is 1. The largest absolute Gasteiger partial charge is 0.673 e. The third-order valence-electron chi connectivity index (χ3n) is 1.54. The van der Waals surface area contributed by atoms with Gasteiger partial charge in [0.25, 0.3) is 0 Å². The van der Waals surface area contributed by atoms with Crippen LogP contribution in [-0.4, -0.2) is 7.25 Å². The van der Waals surface area contributed by atoms with E-state index in [-0.39, 0.29) is 0 Å². The highest BCUT2D eigenvalue weighted by atomic mass is 19.5. The van der Waals surface area contributed by atoms with Crippen molar-refractivity contribution in [2.75, 3.05) is 0 Å². The van der Waals surface area contributed by atoms with Gasteiger partial charge in [0.05, 0.1) is 0 Å². The molecule has 0 bridgehead atoms. The van der Waals surface area contributed by atoms with E-state index in [2.05, 4.69) is 42.9 Å². The second kappa shape index (κ2) is 6.42. The van der Waals surface area contributed by atoms with Crippen molar-refractivity contribution in [2.45, 2.75) is 26.8 Å². The van der Waals surface area contributed by atoms with Crippen molar-refractivity contribution in [3.8, 4) is 0 Å². The van der Waals surface area contributed by atoms with E-state index in [1.165, 1.54) is 12.0 Å². The van der Waals surface area contributed by atoms with Crippen LogP contribution in [0.15, 0.2) is 24.5 Å². The standard InChI is InChI=1S/C9H14N.BF4/c1-3-6-10-7-4-9(2)5-8-10;2-1(3,4)5/h4-5,7-8H,3,6H2,1-2H3;/q+1;-1. The number of aromatic nitrogens is 1. The zero-order valence-corrected chi connectivity index (χ0v) is 8.76. The highest BCUT2D eigenvalue weighted by molar-refractivity contribution is 6.50. The fourth-order valence-electron chi connectivity index (χ4n) is 0.939. The quantitative estimate of drug-likeness (QED) is 0.412. The number of hydrogen-bond acceptors (Lipinski definition) is 0. The lowest BCUT2D eigenvalue weighted by atomic mass is 10.3. The summed E-state index contributed by atoms with van der Waals surface area (Å²) in [6.45, 7) is 5.42. The fraction of sp³-hybridized carbons (Fsp3) is 0.444. The molecule has 0 amide bonds. The van der Waals surface area contributed by atoms with Crippen LogP contribution in [0.4, 0.5) is 17.3 Å². The number of nitrogens with zero attached hydrogens (tertiary/aromatic N) is 1. The van der Waals surface area contributed by atoms with Crippen molar-refractivity contribution in [3.05, 3.63) is 30.1 Å². The van der Waals surface area contributed by atoms with E-state index in [0.29, 0.717) is 0 Å². The molecule has 86 valence electrons. The van der Waals surface area contributed by atoms with Crippen molar-refractivity contribution in [2.24, 2.45) is 0 Å². The molecule has 0 saturated heterocycles. The molecule has 1 aromatic rings. The van der Waals surface area contributed by atoms with E-state index in [1.54, 1.807) is 0 Å². The summed E-state index contributed by atoms with van der Waals surface area (Å²) in [7, 11) is -6.00. The molecule has 1 heterocycles. The molecule has 0 aromatic carbocycles. The first kappa shape index (κ1) is 13.9. The Hall–Kier alpha value is -1.07. The highest BCUT2D eigenvalue weighted by Crippen LogP contribution is 2.06. The first-order valence-electron chi connectivity index (χ1n) is 4.66. The van der Waals surface area contributed by atoms with E-state index < -0.39 is 7.25 Å². The minimum Gasteiger partial charge on any atom is -0.418 e. The van der Waals surface area contributed by atoms with Gasteiger partial charge >= 0.3 is 7.25 Å². The third kappa shape index (κ3) is 10.9. The molecule has 0 saturated carbocycles. The van der Waals surface area contributed by atoms with Crippen molar-refractivity contribution >= 4 is 7.25 Å².